The number of rotatable bonds is 4. The number of nitrogens with one attached hydrogen (secondary N) is 1. The maximum atomic E-state index is 12.1. The average molecular weight is 273 g/mol. The third-order valence-corrected chi connectivity index (χ3v) is 3.11. The van der Waals surface area contributed by atoms with E-state index in [0.29, 0.717) is 0 Å². The summed E-state index contributed by atoms with van der Waals surface area (Å²) in [5, 5.41) is 11.5. The molecule has 0 aromatic carbocycles. The van der Waals surface area contributed by atoms with Gasteiger partial charge in [0.2, 0.25) is 5.91 Å². The Morgan fingerprint density at radius 1 is 1.47 bits per heavy atom. The van der Waals surface area contributed by atoms with Gasteiger partial charge in [0.25, 0.3) is 0 Å². The molecule has 3 amide bonds. The zero-order chi connectivity index (χ0) is 14.6. The highest BCUT2D eigenvalue weighted by Gasteiger charge is 2.41. The molecule has 0 saturated carbocycles. The number of nitrogens with zero attached hydrogens (tertiary/aromatic N) is 2. The molecular formula is C11H19N3O5. The number of ether oxygens (including phenoxy) is 1. The van der Waals surface area contributed by atoms with Crippen LogP contribution in [-0.2, 0) is 14.3 Å². The number of carbonyl (C=O) groups is 3. The number of carboxylic acid groups (broad SMARTS) is 1. The summed E-state index contributed by atoms with van der Waals surface area (Å²) in [5.41, 5.74) is 0. The van der Waals surface area contributed by atoms with E-state index >= 15 is 0 Å². The van der Waals surface area contributed by atoms with Gasteiger partial charge in [-0.3, -0.25) is 4.79 Å². The molecule has 2 N–H and O–H groups in total. The molecular weight excluding hydrogens is 254 g/mol. The largest absolute Gasteiger partial charge is 0.480 e. The normalized spacial score (nSPS) is 22.2. The van der Waals surface area contributed by atoms with Gasteiger partial charge in [-0.05, 0) is 0 Å². The number of hydrogen-bond acceptors (Lipinski definition) is 4. The van der Waals surface area contributed by atoms with Crippen LogP contribution in [0.4, 0.5) is 4.79 Å². The van der Waals surface area contributed by atoms with E-state index in [-0.39, 0.29) is 31.5 Å². The van der Waals surface area contributed by atoms with Crippen LogP contribution in [0.5, 0.6) is 0 Å². The van der Waals surface area contributed by atoms with Gasteiger partial charge in [-0.25, -0.2) is 9.59 Å². The van der Waals surface area contributed by atoms with Crippen molar-refractivity contribution in [3.8, 4) is 0 Å². The quantitative estimate of drug-likeness (QED) is 0.681. The summed E-state index contributed by atoms with van der Waals surface area (Å²) in [6, 6.07) is -1.40. The lowest BCUT2D eigenvalue weighted by Crippen LogP contribution is -2.49. The number of carboxylic acids is 1. The SMILES string of the molecule is CNC(=O)CN(C)C(=O)N1CC(OC)CC1C(=O)O. The molecule has 0 aromatic heterocycles. The van der Waals surface area contributed by atoms with E-state index in [1.165, 1.54) is 31.0 Å². The number of aliphatic carboxylic acids is 1. The molecule has 1 rings (SSSR count). The third kappa shape index (κ3) is 3.57. The van der Waals surface area contributed by atoms with Crippen LogP contribution in [0.15, 0.2) is 0 Å². The summed E-state index contributed by atoms with van der Waals surface area (Å²) in [7, 11) is 4.40. The van der Waals surface area contributed by atoms with E-state index in [0.717, 1.165) is 0 Å². The van der Waals surface area contributed by atoms with E-state index in [1.807, 2.05) is 0 Å². The molecule has 1 fully saturated rings. The average Bonchev–Trinajstić information content (AvgIpc) is 2.81. The topological polar surface area (TPSA) is 99.2 Å². The first-order valence-corrected chi connectivity index (χ1v) is 5.88. The number of likely N-dealkylation sites (tertiary alicyclic amines) is 1. The number of carbonyl (C=O) groups excluding carboxylic acids is 2. The smallest absolute Gasteiger partial charge is 0.326 e. The van der Waals surface area contributed by atoms with Crippen LogP contribution in [0.25, 0.3) is 0 Å². The highest BCUT2D eigenvalue weighted by atomic mass is 16.5. The Balaban J connectivity index is 2.73. The van der Waals surface area contributed by atoms with E-state index < -0.39 is 18.0 Å². The molecule has 1 saturated heterocycles. The van der Waals surface area contributed by atoms with Gasteiger partial charge in [-0.15, -0.1) is 0 Å². The standard InChI is InChI=1S/C11H19N3O5/c1-12-9(15)6-13(2)11(18)14-5-7(19-3)4-8(14)10(16)17/h7-8H,4-6H2,1-3H3,(H,12,15)(H,16,17). The van der Waals surface area contributed by atoms with Crippen LogP contribution in [0.1, 0.15) is 6.42 Å². The monoisotopic (exact) mass is 273 g/mol. The predicted molar refractivity (Wildman–Crippen MR) is 65.6 cm³/mol. The van der Waals surface area contributed by atoms with Crippen LogP contribution in [0.2, 0.25) is 0 Å². The van der Waals surface area contributed by atoms with E-state index in [1.54, 1.807) is 0 Å². The molecule has 108 valence electrons. The molecule has 0 spiro atoms. The van der Waals surface area contributed by atoms with E-state index in [4.69, 9.17) is 9.84 Å². The van der Waals surface area contributed by atoms with Crippen molar-refractivity contribution in [2.24, 2.45) is 0 Å². The Morgan fingerprint density at radius 3 is 2.58 bits per heavy atom. The summed E-state index contributed by atoms with van der Waals surface area (Å²) in [5.74, 6) is -1.38. The Kier molecular flexibility index (Phi) is 5.11. The molecule has 1 aliphatic rings. The van der Waals surface area contributed by atoms with Crippen LogP contribution in [-0.4, -0.2) is 79.3 Å². The number of hydrogen-bond donors (Lipinski definition) is 2. The van der Waals surface area contributed by atoms with Gasteiger partial charge in [-0.1, -0.05) is 0 Å². The summed E-state index contributed by atoms with van der Waals surface area (Å²) in [6.07, 6.45) is -0.0378. The highest BCUT2D eigenvalue weighted by molar-refractivity contribution is 5.87. The fourth-order valence-electron chi connectivity index (χ4n) is 2.00. The van der Waals surface area contributed by atoms with Crippen molar-refractivity contribution in [2.75, 3.05) is 34.3 Å². The van der Waals surface area contributed by atoms with Crippen molar-refractivity contribution >= 4 is 17.9 Å². The van der Waals surface area contributed by atoms with Crippen LogP contribution >= 0.6 is 0 Å². The molecule has 0 aliphatic carbocycles. The first-order valence-electron chi connectivity index (χ1n) is 5.88. The Bertz CT molecular complexity index is 373. The second-order valence-corrected chi connectivity index (χ2v) is 4.41. The van der Waals surface area contributed by atoms with Crippen LogP contribution < -0.4 is 5.32 Å². The first-order chi connectivity index (χ1) is 8.90. The van der Waals surface area contributed by atoms with Gasteiger partial charge in [0.1, 0.15) is 12.6 Å². The fraction of sp³-hybridized carbons (Fsp3) is 0.727. The second kappa shape index (κ2) is 6.37. The van der Waals surface area contributed by atoms with Crippen molar-refractivity contribution < 1.29 is 24.2 Å². The minimum absolute atomic E-state index is 0.115. The minimum Gasteiger partial charge on any atom is -0.480 e. The van der Waals surface area contributed by atoms with E-state index in [9.17, 15) is 14.4 Å². The third-order valence-electron chi connectivity index (χ3n) is 3.11. The molecule has 1 heterocycles. The van der Waals surface area contributed by atoms with Gasteiger partial charge in [0.05, 0.1) is 6.10 Å². The lowest BCUT2D eigenvalue weighted by atomic mass is 10.2. The van der Waals surface area contributed by atoms with Gasteiger partial charge in [0, 0.05) is 34.2 Å². The van der Waals surface area contributed by atoms with Crippen LogP contribution in [0.3, 0.4) is 0 Å². The zero-order valence-corrected chi connectivity index (χ0v) is 11.3. The molecule has 2 unspecified atom stereocenters. The number of methoxy groups -OCH3 is 1. The zero-order valence-electron chi connectivity index (χ0n) is 11.3. The Hall–Kier alpha value is -1.83. The van der Waals surface area contributed by atoms with Crippen molar-refractivity contribution in [2.45, 2.75) is 18.6 Å². The molecule has 0 radical (unpaired) electrons. The lowest BCUT2D eigenvalue weighted by molar-refractivity contribution is -0.141. The number of urea groups is 1. The minimum atomic E-state index is -1.07. The first kappa shape index (κ1) is 15.2. The molecule has 8 nitrogen and oxygen atoms in total. The Morgan fingerprint density at radius 2 is 2.11 bits per heavy atom. The maximum absolute atomic E-state index is 12.1. The molecule has 8 heteroatoms. The number of likely N-dealkylation sites (N-methyl/N-ethyl adjacent to an activating group) is 2. The van der Waals surface area contributed by atoms with Gasteiger partial charge in [0.15, 0.2) is 0 Å². The summed E-state index contributed by atoms with van der Waals surface area (Å²) < 4.78 is 5.10. The van der Waals surface area contributed by atoms with Gasteiger partial charge < -0.3 is 25.0 Å². The van der Waals surface area contributed by atoms with Crippen LogP contribution in [0, 0.1) is 0 Å². The molecule has 0 aromatic rings. The van der Waals surface area contributed by atoms with Crippen molar-refractivity contribution in [1.82, 2.24) is 15.1 Å². The maximum Gasteiger partial charge on any atom is 0.326 e. The van der Waals surface area contributed by atoms with Crippen molar-refractivity contribution in [1.29, 1.82) is 0 Å². The molecule has 1 aliphatic heterocycles. The van der Waals surface area contributed by atoms with Gasteiger partial charge >= 0.3 is 12.0 Å². The summed E-state index contributed by atoms with van der Waals surface area (Å²) in [4.78, 5) is 36.9. The highest BCUT2D eigenvalue weighted by Crippen LogP contribution is 2.21. The van der Waals surface area contributed by atoms with Gasteiger partial charge in [-0.2, -0.15) is 0 Å². The second-order valence-electron chi connectivity index (χ2n) is 4.41. The van der Waals surface area contributed by atoms with Crippen molar-refractivity contribution in [3.63, 3.8) is 0 Å². The fourth-order valence-corrected chi connectivity index (χ4v) is 2.00. The number of amides is 3. The van der Waals surface area contributed by atoms with Crippen molar-refractivity contribution in [3.05, 3.63) is 0 Å². The van der Waals surface area contributed by atoms with E-state index in [2.05, 4.69) is 5.32 Å². The molecule has 19 heavy (non-hydrogen) atoms. The predicted octanol–water partition coefficient (Wildman–Crippen LogP) is -1.04. The summed E-state index contributed by atoms with van der Waals surface area (Å²) >= 11 is 0. The Labute approximate surface area is 111 Å². The molecule has 2 atom stereocenters. The summed E-state index contributed by atoms with van der Waals surface area (Å²) in [6.45, 7) is 0.0974. The molecule has 0 bridgehead atoms. The lowest BCUT2D eigenvalue weighted by Gasteiger charge is -2.26.